The van der Waals surface area contributed by atoms with Crippen LogP contribution in [0.4, 0.5) is 0 Å². The van der Waals surface area contributed by atoms with Gasteiger partial charge in [-0.25, -0.2) is 9.97 Å². The molecule has 0 spiro atoms. The minimum Gasteiger partial charge on any atom is -0.341 e. The van der Waals surface area contributed by atoms with E-state index < -0.39 is 0 Å². The Balaban J connectivity index is 1.57. The van der Waals surface area contributed by atoms with E-state index in [1.807, 2.05) is 42.6 Å². The lowest BCUT2D eigenvalue weighted by Crippen LogP contribution is -1.93. The molecule has 2 heterocycles. The number of H-pyrrole nitrogens is 1. The van der Waals surface area contributed by atoms with E-state index in [1.54, 1.807) is 0 Å². The van der Waals surface area contributed by atoms with Crippen LogP contribution in [-0.4, -0.2) is 15.0 Å². The number of aromatic amines is 1. The Labute approximate surface area is 145 Å². The number of nitrogens with zero attached hydrogens (tertiary/aromatic N) is 2. The van der Waals surface area contributed by atoms with Crippen LogP contribution < -0.4 is 0 Å². The maximum Gasteiger partial charge on any atom is 0.177 e. The van der Waals surface area contributed by atoms with Crippen LogP contribution in [-0.2, 0) is 12.8 Å². The van der Waals surface area contributed by atoms with Gasteiger partial charge in [0.1, 0.15) is 5.82 Å². The molecule has 4 aromatic rings. The van der Waals surface area contributed by atoms with Gasteiger partial charge in [-0.2, -0.15) is 0 Å². The number of pyridine rings is 1. The van der Waals surface area contributed by atoms with Crippen molar-refractivity contribution in [1.29, 1.82) is 0 Å². The van der Waals surface area contributed by atoms with Crippen molar-refractivity contribution in [2.45, 2.75) is 12.8 Å². The number of aryl methyl sites for hydroxylation is 2. The Morgan fingerprint density at radius 3 is 2.58 bits per heavy atom. The predicted octanol–water partition coefficient (Wildman–Crippen LogP) is 5.06. The lowest BCUT2D eigenvalue weighted by Gasteiger charge is -2.00. The molecular weight excluding hydrogens is 318 g/mol. The molecule has 24 heavy (non-hydrogen) atoms. The first-order valence-corrected chi connectivity index (χ1v) is 8.30. The second-order valence-corrected chi connectivity index (χ2v) is 6.21. The number of hydrogen-bond donors (Lipinski definition) is 1. The van der Waals surface area contributed by atoms with Gasteiger partial charge in [0.2, 0.25) is 0 Å². The van der Waals surface area contributed by atoms with Gasteiger partial charge >= 0.3 is 0 Å². The molecule has 3 nitrogen and oxygen atoms in total. The molecule has 0 aliphatic heterocycles. The molecule has 1 N–H and O–H groups in total. The summed E-state index contributed by atoms with van der Waals surface area (Å²) in [6, 6.07) is 20.3. The average Bonchev–Trinajstić information content (AvgIpc) is 3.03. The number of nitrogens with one attached hydrogen (secondary N) is 1. The Bertz CT molecular complexity index is 977. The Morgan fingerprint density at radius 1 is 0.875 bits per heavy atom. The van der Waals surface area contributed by atoms with Gasteiger partial charge in [-0.1, -0.05) is 54.1 Å². The number of aromatic nitrogens is 3. The molecule has 0 aliphatic carbocycles. The molecule has 0 radical (unpaired) electrons. The predicted molar refractivity (Wildman–Crippen MR) is 98.2 cm³/mol. The smallest absolute Gasteiger partial charge is 0.177 e. The Morgan fingerprint density at radius 2 is 1.75 bits per heavy atom. The Kier molecular flexibility index (Phi) is 4.01. The molecule has 118 valence electrons. The number of rotatable bonds is 4. The fraction of sp³-hybridized carbons (Fsp3) is 0.100. The molecule has 4 rings (SSSR count). The highest BCUT2D eigenvalue weighted by molar-refractivity contribution is 6.30. The maximum atomic E-state index is 6.03. The lowest BCUT2D eigenvalue weighted by atomic mass is 10.1. The van der Waals surface area contributed by atoms with Crippen LogP contribution in [0.25, 0.3) is 22.3 Å². The molecular formula is C20H16ClN3. The highest BCUT2D eigenvalue weighted by Gasteiger charge is 2.07. The van der Waals surface area contributed by atoms with E-state index in [-0.39, 0.29) is 0 Å². The third kappa shape index (κ3) is 3.17. The minimum atomic E-state index is 0.760. The number of halogens is 1. The first-order chi connectivity index (χ1) is 11.8. The van der Waals surface area contributed by atoms with Crippen molar-refractivity contribution >= 4 is 22.8 Å². The van der Waals surface area contributed by atoms with E-state index in [2.05, 4.69) is 39.2 Å². The maximum absolute atomic E-state index is 6.03. The SMILES string of the molecule is Clc1cccc(CCc2nc3ncc(-c4ccccc4)cc3[nH]2)c1. The zero-order valence-corrected chi connectivity index (χ0v) is 13.8. The van der Waals surface area contributed by atoms with Crippen molar-refractivity contribution in [1.82, 2.24) is 15.0 Å². The van der Waals surface area contributed by atoms with Crippen LogP contribution in [0.3, 0.4) is 0 Å². The van der Waals surface area contributed by atoms with E-state index in [0.29, 0.717) is 0 Å². The van der Waals surface area contributed by atoms with Gasteiger partial charge in [0, 0.05) is 23.2 Å². The van der Waals surface area contributed by atoms with Gasteiger partial charge in [-0.15, -0.1) is 0 Å². The monoisotopic (exact) mass is 333 g/mol. The first kappa shape index (κ1) is 14.9. The van der Waals surface area contributed by atoms with Crippen LogP contribution in [0.1, 0.15) is 11.4 Å². The van der Waals surface area contributed by atoms with Gasteiger partial charge in [0.15, 0.2) is 5.65 Å². The quantitative estimate of drug-likeness (QED) is 0.567. The molecule has 0 unspecified atom stereocenters. The Hall–Kier alpha value is -2.65. The second kappa shape index (κ2) is 6.46. The van der Waals surface area contributed by atoms with Gasteiger partial charge in [0.05, 0.1) is 5.52 Å². The molecule has 0 saturated carbocycles. The van der Waals surface area contributed by atoms with Gasteiger partial charge < -0.3 is 4.98 Å². The van der Waals surface area contributed by atoms with Crippen LogP contribution in [0.5, 0.6) is 0 Å². The van der Waals surface area contributed by atoms with Crippen LogP contribution in [0.2, 0.25) is 5.02 Å². The summed E-state index contributed by atoms with van der Waals surface area (Å²) in [4.78, 5) is 12.5. The van der Waals surface area contributed by atoms with Crippen molar-refractivity contribution in [3.8, 4) is 11.1 Å². The highest BCUT2D eigenvalue weighted by Crippen LogP contribution is 2.21. The van der Waals surface area contributed by atoms with Crippen LogP contribution in [0, 0.1) is 0 Å². The second-order valence-electron chi connectivity index (χ2n) is 5.77. The van der Waals surface area contributed by atoms with E-state index in [4.69, 9.17) is 11.6 Å². The average molecular weight is 334 g/mol. The summed E-state index contributed by atoms with van der Waals surface area (Å²) in [5, 5.41) is 0.770. The number of hydrogen-bond acceptors (Lipinski definition) is 2. The zero-order valence-electron chi connectivity index (χ0n) is 13.0. The highest BCUT2D eigenvalue weighted by atomic mass is 35.5. The topological polar surface area (TPSA) is 41.6 Å². The summed E-state index contributed by atoms with van der Waals surface area (Å²) >= 11 is 6.03. The molecule has 0 aliphatic rings. The summed E-state index contributed by atoms with van der Waals surface area (Å²) in [5.41, 5.74) is 5.18. The minimum absolute atomic E-state index is 0.760. The fourth-order valence-electron chi connectivity index (χ4n) is 2.81. The van der Waals surface area contributed by atoms with Gasteiger partial charge in [0.25, 0.3) is 0 Å². The molecule has 2 aromatic heterocycles. The lowest BCUT2D eigenvalue weighted by molar-refractivity contribution is 0.889. The van der Waals surface area contributed by atoms with Crippen molar-refractivity contribution < 1.29 is 0 Å². The summed E-state index contributed by atoms with van der Waals surface area (Å²) in [5.74, 6) is 0.947. The van der Waals surface area contributed by atoms with E-state index >= 15 is 0 Å². The van der Waals surface area contributed by atoms with Gasteiger partial charge in [-0.05, 0) is 35.7 Å². The molecule has 4 heteroatoms. The number of benzene rings is 2. The molecule has 0 saturated heterocycles. The molecule has 2 aromatic carbocycles. The van der Waals surface area contributed by atoms with E-state index in [9.17, 15) is 0 Å². The van der Waals surface area contributed by atoms with E-state index in [1.165, 1.54) is 5.56 Å². The van der Waals surface area contributed by atoms with Crippen molar-refractivity contribution in [2.75, 3.05) is 0 Å². The van der Waals surface area contributed by atoms with Crippen molar-refractivity contribution in [3.63, 3.8) is 0 Å². The summed E-state index contributed by atoms with van der Waals surface area (Å²) in [6.45, 7) is 0. The van der Waals surface area contributed by atoms with Crippen molar-refractivity contribution in [3.05, 3.63) is 83.3 Å². The van der Waals surface area contributed by atoms with Crippen molar-refractivity contribution in [2.24, 2.45) is 0 Å². The largest absolute Gasteiger partial charge is 0.341 e. The van der Waals surface area contributed by atoms with Gasteiger partial charge in [-0.3, -0.25) is 0 Å². The zero-order chi connectivity index (χ0) is 16.4. The third-order valence-electron chi connectivity index (χ3n) is 4.03. The molecule has 0 amide bonds. The van der Waals surface area contributed by atoms with E-state index in [0.717, 1.165) is 46.0 Å². The number of fused-ring (bicyclic) bond motifs is 1. The standard InChI is InChI=1S/C20H16ClN3/c21-17-8-4-5-14(11-17)9-10-19-23-18-12-16(13-22-20(18)24-19)15-6-2-1-3-7-15/h1-8,11-13H,9-10H2,(H,22,23,24). The number of imidazole rings is 1. The third-order valence-corrected chi connectivity index (χ3v) is 4.27. The summed E-state index contributed by atoms with van der Waals surface area (Å²) in [7, 11) is 0. The molecule has 0 atom stereocenters. The molecule has 0 bridgehead atoms. The molecule has 0 fully saturated rings. The first-order valence-electron chi connectivity index (χ1n) is 7.92. The fourth-order valence-corrected chi connectivity index (χ4v) is 3.02. The normalized spacial score (nSPS) is 11.0. The van der Waals surface area contributed by atoms with Crippen LogP contribution in [0.15, 0.2) is 66.9 Å². The summed E-state index contributed by atoms with van der Waals surface area (Å²) < 4.78 is 0. The summed E-state index contributed by atoms with van der Waals surface area (Å²) in [6.07, 6.45) is 3.60. The van der Waals surface area contributed by atoms with Crippen LogP contribution >= 0.6 is 11.6 Å².